The summed E-state index contributed by atoms with van der Waals surface area (Å²) in [6, 6.07) is 5.63. The smallest absolute Gasteiger partial charge is 0.241 e. The molecule has 0 radical (unpaired) electrons. The number of benzene rings is 1. The van der Waals surface area contributed by atoms with Gasteiger partial charge in [0.1, 0.15) is 5.75 Å². The number of hydrogen-bond acceptors (Lipinski definition) is 3. The van der Waals surface area contributed by atoms with Crippen LogP contribution in [0.1, 0.15) is 18.9 Å². The Hall–Kier alpha value is -1.84. The van der Waals surface area contributed by atoms with E-state index in [-0.39, 0.29) is 23.7 Å². The minimum absolute atomic E-state index is 0.0439. The third kappa shape index (κ3) is 1.06. The molecule has 0 spiro atoms. The highest BCUT2D eigenvalue weighted by molar-refractivity contribution is 6.25. The van der Waals surface area contributed by atoms with Gasteiger partial charge in [-0.25, -0.2) is 4.90 Å². The van der Waals surface area contributed by atoms with E-state index in [2.05, 4.69) is 0 Å². The third-order valence-electron chi connectivity index (χ3n) is 5.14. The molecule has 0 N–H and O–H groups in total. The molecule has 1 aromatic carbocycles. The Morgan fingerprint density at radius 2 is 2.16 bits per heavy atom. The number of carbonyl (C=O) groups is 2. The lowest BCUT2D eigenvalue weighted by Crippen LogP contribution is -2.52. The number of aryl methyl sites for hydroxylation is 1. The molecular weight excluding hydrogens is 242 g/mol. The maximum Gasteiger partial charge on any atom is 0.241 e. The molecule has 1 aliphatic carbocycles. The van der Waals surface area contributed by atoms with Gasteiger partial charge in [0.2, 0.25) is 11.8 Å². The van der Waals surface area contributed by atoms with Crippen LogP contribution in [0.25, 0.3) is 0 Å². The van der Waals surface area contributed by atoms with Gasteiger partial charge < -0.3 is 4.74 Å². The molecule has 0 aromatic heterocycles. The maximum atomic E-state index is 12.7. The maximum absolute atomic E-state index is 12.7. The van der Waals surface area contributed by atoms with Crippen molar-refractivity contribution >= 4 is 17.5 Å². The van der Waals surface area contributed by atoms with Gasteiger partial charge in [0.15, 0.2) is 0 Å². The number of imide groups is 1. The first-order valence-corrected chi connectivity index (χ1v) is 6.66. The number of para-hydroxylation sites is 1. The Balaban J connectivity index is 1.98. The van der Waals surface area contributed by atoms with Gasteiger partial charge in [-0.15, -0.1) is 0 Å². The molecule has 4 nitrogen and oxygen atoms in total. The Morgan fingerprint density at radius 1 is 1.37 bits per heavy atom. The summed E-state index contributed by atoms with van der Waals surface area (Å²) in [5.41, 5.74) is 1.01. The van der Waals surface area contributed by atoms with Crippen LogP contribution in [0, 0.1) is 24.2 Å². The number of anilines is 1. The van der Waals surface area contributed by atoms with E-state index in [1.807, 2.05) is 32.0 Å². The minimum atomic E-state index is -0.545. The van der Waals surface area contributed by atoms with Crippen LogP contribution in [0.4, 0.5) is 5.69 Å². The molecule has 2 bridgehead atoms. The fraction of sp³-hybridized carbons (Fsp3) is 0.467. The largest absolute Gasteiger partial charge is 0.491 e. The highest BCUT2D eigenvalue weighted by atomic mass is 16.5. The number of nitrogens with zero attached hydrogens (tertiary/aromatic N) is 1. The first kappa shape index (κ1) is 11.0. The van der Waals surface area contributed by atoms with Gasteiger partial charge in [-0.05, 0) is 31.9 Å². The van der Waals surface area contributed by atoms with Gasteiger partial charge in [0, 0.05) is 5.92 Å². The summed E-state index contributed by atoms with van der Waals surface area (Å²) in [5, 5.41) is 0. The standard InChI is InChI=1S/C15H15NO3/c1-8-4-3-5-11-12(8)16-13(17)10-6-9(7-19-11)15(10,2)14(16)18/h3-5,9-10H,6-7H2,1-2H3/t9-,10+,15+/m1/s1. The van der Waals surface area contributed by atoms with Crippen LogP contribution in [0.3, 0.4) is 0 Å². The molecule has 2 amide bonds. The Kier molecular flexibility index (Phi) is 1.85. The van der Waals surface area contributed by atoms with E-state index in [1.165, 1.54) is 4.90 Å². The number of hydrogen-bond donors (Lipinski definition) is 0. The lowest BCUT2D eigenvalue weighted by Gasteiger charge is -2.46. The van der Waals surface area contributed by atoms with Gasteiger partial charge in [0.05, 0.1) is 23.6 Å². The molecule has 98 valence electrons. The first-order chi connectivity index (χ1) is 9.05. The minimum Gasteiger partial charge on any atom is -0.491 e. The van der Waals surface area contributed by atoms with E-state index >= 15 is 0 Å². The Labute approximate surface area is 111 Å². The van der Waals surface area contributed by atoms with Gasteiger partial charge >= 0.3 is 0 Å². The highest BCUT2D eigenvalue weighted by Crippen LogP contribution is 2.60. The molecule has 4 heteroatoms. The van der Waals surface area contributed by atoms with E-state index in [0.29, 0.717) is 18.0 Å². The SMILES string of the molecule is Cc1cccc2c1N1C(=O)[C@@H]3C[C@H](CO2)[C@]3(C)C1=O. The van der Waals surface area contributed by atoms with Crippen molar-refractivity contribution in [2.45, 2.75) is 20.3 Å². The normalized spacial score (nSPS) is 35.2. The van der Waals surface area contributed by atoms with Crippen LogP contribution in [-0.4, -0.2) is 18.4 Å². The van der Waals surface area contributed by atoms with E-state index in [0.717, 1.165) is 12.0 Å². The molecular formula is C15H15NO3. The lowest BCUT2D eigenvalue weighted by molar-refractivity contribution is -0.144. The molecule has 1 saturated heterocycles. The number of fused-ring (bicyclic) bond motifs is 3. The van der Waals surface area contributed by atoms with Gasteiger partial charge in [-0.3, -0.25) is 9.59 Å². The van der Waals surface area contributed by atoms with Crippen LogP contribution in [0.15, 0.2) is 18.2 Å². The van der Waals surface area contributed by atoms with E-state index in [4.69, 9.17) is 4.74 Å². The van der Waals surface area contributed by atoms with Gasteiger partial charge in [0.25, 0.3) is 0 Å². The quantitative estimate of drug-likeness (QED) is 0.667. The lowest BCUT2D eigenvalue weighted by atomic mass is 9.55. The van der Waals surface area contributed by atoms with E-state index in [9.17, 15) is 9.59 Å². The first-order valence-electron chi connectivity index (χ1n) is 6.66. The summed E-state index contributed by atoms with van der Waals surface area (Å²) in [5.74, 6) is 0.561. The topological polar surface area (TPSA) is 46.6 Å². The van der Waals surface area contributed by atoms with Crippen LogP contribution >= 0.6 is 0 Å². The fourth-order valence-corrected chi connectivity index (χ4v) is 3.75. The van der Waals surface area contributed by atoms with Crippen molar-refractivity contribution in [3.8, 4) is 5.75 Å². The molecule has 3 aliphatic rings. The molecule has 4 rings (SSSR count). The molecule has 2 heterocycles. The summed E-state index contributed by atoms with van der Waals surface area (Å²) in [6.45, 7) is 4.35. The zero-order valence-corrected chi connectivity index (χ0v) is 11.0. The van der Waals surface area contributed by atoms with Crippen LogP contribution in [-0.2, 0) is 9.59 Å². The zero-order chi connectivity index (χ0) is 13.4. The van der Waals surface area contributed by atoms with Crippen molar-refractivity contribution in [3.05, 3.63) is 23.8 Å². The summed E-state index contributed by atoms with van der Waals surface area (Å²) in [7, 11) is 0. The zero-order valence-electron chi connectivity index (χ0n) is 11.0. The number of carbonyl (C=O) groups excluding carboxylic acids is 2. The van der Waals surface area contributed by atoms with E-state index in [1.54, 1.807) is 0 Å². The summed E-state index contributed by atoms with van der Waals surface area (Å²) >= 11 is 0. The summed E-state index contributed by atoms with van der Waals surface area (Å²) < 4.78 is 5.86. The predicted octanol–water partition coefficient (Wildman–Crippen LogP) is 1.90. The Bertz CT molecular complexity index is 624. The van der Waals surface area contributed by atoms with Crippen molar-refractivity contribution in [3.63, 3.8) is 0 Å². The summed E-state index contributed by atoms with van der Waals surface area (Å²) in [6.07, 6.45) is 0.768. The second-order valence-electron chi connectivity index (χ2n) is 5.98. The molecule has 1 saturated carbocycles. The van der Waals surface area contributed by atoms with Gasteiger partial charge in [-0.2, -0.15) is 0 Å². The van der Waals surface area contributed by atoms with Gasteiger partial charge in [-0.1, -0.05) is 12.1 Å². The number of amides is 2. The summed E-state index contributed by atoms with van der Waals surface area (Å²) in [4.78, 5) is 26.6. The molecule has 19 heavy (non-hydrogen) atoms. The van der Waals surface area contributed by atoms with Crippen LogP contribution in [0.2, 0.25) is 0 Å². The third-order valence-corrected chi connectivity index (χ3v) is 5.14. The average Bonchev–Trinajstić information content (AvgIpc) is 2.57. The highest BCUT2D eigenvalue weighted by Gasteiger charge is 2.68. The Morgan fingerprint density at radius 3 is 2.95 bits per heavy atom. The monoisotopic (exact) mass is 257 g/mol. The predicted molar refractivity (Wildman–Crippen MR) is 68.9 cm³/mol. The molecule has 2 aliphatic heterocycles. The van der Waals surface area contributed by atoms with Crippen molar-refractivity contribution in [2.75, 3.05) is 11.5 Å². The average molecular weight is 257 g/mol. The molecule has 3 atom stereocenters. The fourth-order valence-electron chi connectivity index (χ4n) is 3.75. The van der Waals surface area contributed by atoms with Crippen molar-refractivity contribution in [1.82, 2.24) is 0 Å². The number of ether oxygens (including phenoxy) is 1. The van der Waals surface area contributed by atoms with Crippen LogP contribution < -0.4 is 9.64 Å². The molecule has 0 unspecified atom stereocenters. The molecule has 1 aromatic rings. The second-order valence-corrected chi connectivity index (χ2v) is 5.98. The second kappa shape index (κ2) is 3.18. The van der Waals surface area contributed by atoms with Crippen molar-refractivity contribution < 1.29 is 14.3 Å². The van der Waals surface area contributed by atoms with Crippen molar-refractivity contribution in [1.29, 1.82) is 0 Å². The van der Waals surface area contributed by atoms with Crippen molar-refractivity contribution in [2.24, 2.45) is 17.3 Å². The molecule has 2 fully saturated rings. The van der Waals surface area contributed by atoms with Crippen LogP contribution in [0.5, 0.6) is 5.75 Å². The number of rotatable bonds is 0. The van der Waals surface area contributed by atoms with E-state index < -0.39 is 5.41 Å².